The number of fused-ring (bicyclic) bond motifs is 1. The molecule has 8 nitrogen and oxygen atoms in total. The van der Waals surface area contributed by atoms with Crippen molar-refractivity contribution in [3.05, 3.63) is 30.1 Å². The number of carbonyl (C=O) groups is 2. The van der Waals surface area contributed by atoms with Crippen molar-refractivity contribution in [3.8, 4) is 0 Å². The molecule has 4 heterocycles. The summed E-state index contributed by atoms with van der Waals surface area (Å²) in [5.74, 6) is -2.26. The average Bonchev–Trinajstić information content (AvgIpc) is 3.38. The number of hydrogen-bond donors (Lipinski definition) is 1. The summed E-state index contributed by atoms with van der Waals surface area (Å²) in [7, 11) is 0. The number of nitrogens with zero attached hydrogens (tertiary/aromatic N) is 3. The molecule has 30 heavy (non-hydrogen) atoms. The molecule has 0 unspecified atom stereocenters. The van der Waals surface area contributed by atoms with E-state index in [1.165, 1.54) is 5.06 Å². The highest BCUT2D eigenvalue weighted by molar-refractivity contribution is 5.80. The third-order valence-electron chi connectivity index (χ3n) is 5.26. The van der Waals surface area contributed by atoms with Gasteiger partial charge < -0.3 is 9.84 Å². The van der Waals surface area contributed by atoms with Gasteiger partial charge in [0.15, 0.2) is 0 Å². The molecular formula is C19H24F3N3O5. The molecule has 0 radical (unpaired) electrons. The van der Waals surface area contributed by atoms with Crippen LogP contribution in [0.1, 0.15) is 25.0 Å². The SMILES string of the molecule is O=C(O)C(F)(F)F.O=C([C@@H]1C[C@@H]2CCN(Cc3ccccn3)C[C@H]2O1)N1CCCO1. The van der Waals surface area contributed by atoms with Crippen molar-refractivity contribution in [2.24, 2.45) is 5.92 Å². The molecule has 11 heteroatoms. The summed E-state index contributed by atoms with van der Waals surface area (Å²) in [6.07, 6.45) is -0.577. The molecule has 1 aromatic rings. The number of aliphatic carboxylic acids is 1. The number of amides is 1. The minimum atomic E-state index is -5.08. The zero-order valence-electron chi connectivity index (χ0n) is 16.3. The Bertz CT molecular complexity index is 728. The van der Waals surface area contributed by atoms with Crippen LogP contribution in [-0.2, 0) is 25.7 Å². The van der Waals surface area contributed by atoms with Gasteiger partial charge in [0.1, 0.15) is 6.10 Å². The van der Waals surface area contributed by atoms with Crippen molar-refractivity contribution in [2.75, 3.05) is 26.2 Å². The first-order valence-electron chi connectivity index (χ1n) is 9.76. The van der Waals surface area contributed by atoms with E-state index in [1.54, 1.807) is 0 Å². The first-order valence-corrected chi connectivity index (χ1v) is 9.76. The Labute approximate surface area is 171 Å². The number of hydrogen-bond acceptors (Lipinski definition) is 6. The van der Waals surface area contributed by atoms with Crippen LogP contribution in [0.15, 0.2) is 24.4 Å². The van der Waals surface area contributed by atoms with E-state index in [1.807, 2.05) is 18.3 Å². The number of piperidine rings is 1. The van der Waals surface area contributed by atoms with Crippen molar-refractivity contribution in [1.29, 1.82) is 0 Å². The van der Waals surface area contributed by atoms with Crippen LogP contribution in [0.4, 0.5) is 13.2 Å². The van der Waals surface area contributed by atoms with Gasteiger partial charge in [0.25, 0.3) is 5.91 Å². The predicted molar refractivity (Wildman–Crippen MR) is 96.9 cm³/mol. The summed E-state index contributed by atoms with van der Waals surface area (Å²) >= 11 is 0. The van der Waals surface area contributed by atoms with Crippen LogP contribution < -0.4 is 0 Å². The van der Waals surface area contributed by atoms with Gasteiger partial charge >= 0.3 is 12.1 Å². The Morgan fingerprint density at radius 1 is 1.27 bits per heavy atom. The average molecular weight is 431 g/mol. The van der Waals surface area contributed by atoms with Gasteiger partial charge in [-0.3, -0.25) is 19.5 Å². The van der Waals surface area contributed by atoms with Gasteiger partial charge in [-0.2, -0.15) is 13.2 Å². The molecule has 166 valence electrons. The highest BCUT2D eigenvalue weighted by atomic mass is 19.4. The van der Waals surface area contributed by atoms with Crippen molar-refractivity contribution >= 4 is 11.9 Å². The molecule has 3 saturated heterocycles. The van der Waals surface area contributed by atoms with Gasteiger partial charge in [0.2, 0.25) is 0 Å². The molecule has 3 atom stereocenters. The fourth-order valence-electron chi connectivity index (χ4n) is 3.80. The van der Waals surface area contributed by atoms with Crippen molar-refractivity contribution in [2.45, 2.75) is 44.2 Å². The Morgan fingerprint density at radius 3 is 2.63 bits per heavy atom. The Balaban J connectivity index is 0.000000318. The number of aromatic nitrogens is 1. The Kier molecular flexibility index (Phi) is 7.27. The molecule has 0 aliphatic carbocycles. The Hall–Kier alpha value is -2.24. The summed E-state index contributed by atoms with van der Waals surface area (Å²) < 4.78 is 37.8. The largest absolute Gasteiger partial charge is 0.490 e. The van der Waals surface area contributed by atoms with Crippen LogP contribution in [0.25, 0.3) is 0 Å². The number of hydroxylamine groups is 2. The van der Waals surface area contributed by atoms with Crippen molar-refractivity contribution < 1.29 is 37.4 Å². The lowest BCUT2D eigenvalue weighted by Gasteiger charge is -2.33. The minimum absolute atomic E-state index is 0.00757. The highest BCUT2D eigenvalue weighted by Gasteiger charge is 2.43. The molecule has 4 rings (SSSR count). The molecule has 0 bridgehead atoms. The summed E-state index contributed by atoms with van der Waals surface area (Å²) in [4.78, 5) is 33.4. The number of rotatable bonds is 3. The third kappa shape index (κ3) is 5.89. The molecule has 0 spiro atoms. The van der Waals surface area contributed by atoms with E-state index in [0.717, 1.165) is 44.6 Å². The predicted octanol–water partition coefficient (Wildman–Crippen LogP) is 1.86. The van der Waals surface area contributed by atoms with Gasteiger partial charge in [0, 0.05) is 19.3 Å². The van der Waals surface area contributed by atoms with E-state index in [9.17, 15) is 18.0 Å². The van der Waals surface area contributed by atoms with Gasteiger partial charge in [-0.25, -0.2) is 9.86 Å². The molecule has 1 amide bonds. The molecule has 0 saturated carbocycles. The van der Waals surface area contributed by atoms with Crippen LogP contribution in [-0.4, -0.2) is 76.6 Å². The first-order chi connectivity index (χ1) is 14.2. The molecule has 3 aliphatic heterocycles. The highest BCUT2D eigenvalue weighted by Crippen LogP contribution is 2.34. The second kappa shape index (κ2) is 9.71. The fraction of sp³-hybridized carbons (Fsp3) is 0.632. The number of carbonyl (C=O) groups excluding carboxylic acids is 1. The van der Waals surface area contributed by atoms with E-state index in [0.29, 0.717) is 19.1 Å². The summed E-state index contributed by atoms with van der Waals surface area (Å²) in [5.41, 5.74) is 1.09. The topological polar surface area (TPSA) is 92.2 Å². The standard InChI is InChI=1S/C17H23N3O3.C2HF3O2/c21-17(20-7-3-9-22-20)15-10-13-5-8-19(12-16(13)23-15)11-14-4-1-2-6-18-14;3-2(4,5)1(6)7/h1-2,4,6,13,15-16H,3,5,7-12H2;(H,6,7)/t13-,15-,16+;/m0./s1. The zero-order chi connectivity index (χ0) is 21.7. The number of pyridine rings is 1. The maximum atomic E-state index is 12.4. The van der Waals surface area contributed by atoms with Crippen LogP contribution >= 0.6 is 0 Å². The van der Waals surface area contributed by atoms with Crippen LogP contribution in [0.3, 0.4) is 0 Å². The first kappa shape index (κ1) is 22.4. The van der Waals surface area contributed by atoms with Gasteiger partial charge in [0.05, 0.1) is 24.9 Å². The fourth-order valence-corrected chi connectivity index (χ4v) is 3.80. The van der Waals surface area contributed by atoms with E-state index in [4.69, 9.17) is 19.5 Å². The summed E-state index contributed by atoms with van der Waals surface area (Å²) in [5, 5.41) is 8.62. The van der Waals surface area contributed by atoms with Crippen LogP contribution in [0.5, 0.6) is 0 Å². The van der Waals surface area contributed by atoms with E-state index in [2.05, 4.69) is 16.0 Å². The molecule has 3 fully saturated rings. The monoisotopic (exact) mass is 431 g/mol. The van der Waals surface area contributed by atoms with Gasteiger partial charge in [-0.05, 0) is 43.9 Å². The second-order valence-electron chi connectivity index (χ2n) is 7.43. The number of carboxylic acid groups (broad SMARTS) is 1. The Morgan fingerprint density at radius 2 is 2.03 bits per heavy atom. The van der Waals surface area contributed by atoms with E-state index in [-0.39, 0.29) is 18.1 Å². The molecule has 1 aromatic heterocycles. The maximum Gasteiger partial charge on any atom is 0.490 e. The zero-order valence-corrected chi connectivity index (χ0v) is 16.3. The number of ether oxygens (including phenoxy) is 1. The maximum absolute atomic E-state index is 12.4. The van der Waals surface area contributed by atoms with Crippen molar-refractivity contribution in [3.63, 3.8) is 0 Å². The lowest BCUT2D eigenvalue weighted by atomic mass is 9.91. The third-order valence-corrected chi connectivity index (χ3v) is 5.26. The second-order valence-corrected chi connectivity index (χ2v) is 7.43. The number of alkyl halides is 3. The van der Waals surface area contributed by atoms with Crippen LogP contribution in [0, 0.1) is 5.92 Å². The van der Waals surface area contributed by atoms with Crippen molar-refractivity contribution in [1.82, 2.24) is 14.9 Å². The van der Waals surface area contributed by atoms with Gasteiger partial charge in [-0.1, -0.05) is 6.07 Å². The summed E-state index contributed by atoms with van der Waals surface area (Å²) in [6, 6.07) is 6.01. The molecular weight excluding hydrogens is 407 g/mol. The number of halogens is 3. The smallest absolute Gasteiger partial charge is 0.475 e. The summed E-state index contributed by atoms with van der Waals surface area (Å²) in [6.45, 7) is 4.11. The van der Waals surface area contributed by atoms with Gasteiger partial charge in [-0.15, -0.1) is 0 Å². The number of carboxylic acids is 1. The molecule has 0 aromatic carbocycles. The van der Waals surface area contributed by atoms with E-state index >= 15 is 0 Å². The molecule has 3 aliphatic rings. The lowest BCUT2D eigenvalue weighted by Crippen LogP contribution is -2.42. The minimum Gasteiger partial charge on any atom is -0.475 e. The quantitative estimate of drug-likeness (QED) is 0.781. The van der Waals surface area contributed by atoms with E-state index < -0.39 is 12.1 Å². The number of likely N-dealkylation sites (tertiary alicyclic amines) is 1. The normalized spacial score (nSPS) is 26.6. The molecule has 1 N–H and O–H groups in total. The lowest BCUT2D eigenvalue weighted by molar-refractivity contribution is -0.192. The van der Waals surface area contributed by atoms with Crippen LogP contribution in [0.2, 0.25) is 0 Å².